The summed E-state index contributed by atoms with van der Waals surface area (Å²) in [5.74, 6) is 1.08. The van der Waals surface area contributed by atoms with E-state index in [1.165, 1.54) is 33.4 Å². The quantitative estimate of drug-likeness (QED) is 0.183. The first-order chi connectivity index (χ1) is 17.2. The number of hydrogen-bond acceptors (Lipinski definition) is 7. The Labute approximate surface area is 213 Å². The molecule has 1 aromatic heterocycles. The van der Waals surface area contributed by atoms with Crippen LogP contribution in [0, 0.1) is 0 Å². The van der Waals surface area contributed by atoms with E-state index in [4.69, 9.17) is 14.2 Å². The first kappa shape index (κ1) is 28.2. The predicted molar refractivity (Wildman–Crippen MR) is 143 cm³/mol. The predicted octanol–water partition coefficient (Wildman–Crippen LogP) is 4.77. The molecular weight excluding hydrogens is 480 g/mol. The summed E-state index contributed by atoms with van der Waals surface area (Å²) in [5.41, 5.74) is 0.992. The maximum atomic E-state index is 12.8. The van der Waals surface area contributed by atoms with Crippen LogP contribution in [0.5, 0.6) is 11.5 Å². The molecule has 0 aliphatic heterocycles. The van der Waals surface area contributed by atoms with Gasteiger partial charge in [-0.2, -0.15) is 8.42 Å². The lowest BCUT2D eigenvalue weighted by Crippen LogP contribution is -2.32. The molecule has 36 heavy (non-hydrogen) atoms. The number of anilines is 1. The van der Waals surface area contributed by atoms with Crippen LogP contribution in [0.4, 0.5) is 5.82 Å². The topological polar surface area (TPSA) is 111 Å². The molecule has 10 heteroatoms. The van der Waals surface area contributed by atoms with Crippen LogP contribution in [0.3, 0.4) is 0 Å². The molecule has 9 nitrogen and oxygen atoms in total. The van der Waals surface area contributed by atoms with Gasteiger partial charge in [0.05, 0.1) is 26.0 Å². The Hall–Kier alpha value is -4.05. The zero-order valence-corrected chi connectivity index (χ0v) is 21.9. The Kier molecular flexibility index (Phi) is 10.8. The van der Waals surface area contributed by atoms with Crippen molar-refractivity contribution in [1.29, 1.82) is 0 Å². The van der Waals surface area contributed by atoms with Gasteiger partial charge in [-0.15, -0.1) is 0 Å². The molecule has 0 aliphatic rings. The average molecular weight is 513 g/mol. The number of aliphatic imine (C=N–C) groups is 1. The van der Waals surface area contributed by atoms with E-state index in [0.29, 0.717) is 11.5 Å². The van der Waals surface area contributed by atoms with Crippen LogP contribution < -0.4 is 18.9 Å². The highest BCUT2D eigenvalue weighted by atomic mass is 32.2. The average Bonchev–Trinajstić information content (AvgIpc) is 2.86. The zero-order valence-electron chi connectivity index (χ0n) is 21.1. The number of nitrogens with one attached hydrogen (secondary N) is 2. The molecule has 1 atom stereocenters. The van der Waals surface area contributed by atoms with E-state index in [2.05, 4.69) is 26.0 Å². The fourth-order valence-electron chi connectivity index (χ4n) is 3.04. The number of hydrogen-bond donors (Lipinski definition) is 2. The molecule has 192 valence electrons. The normalized spacial score (nSPS) is 14.0. The van der Waals surface area contributed by atoms with Crippen LogP contribution in [-0.2, 0) is 14.9 Å². The minimum atomic E-state index is -4.07. The summed E-state index contributed by atoms with van der Waals surface area (Å²) in [6.45, 7) is 9.06. The van der Waals surface area contributed by atoms with Gasteiger partial charge in [-0.05, 0) is 50.6 Å². The summed E-state index contributed by atoms with van der Waals surface area (Å²) < 4.78 is 47.5. The standard InChI is InChI=1S/C26H32N4O5S/c1-7-13-21(14-8-2)19(3)28-26(34-6)25(35-23-16-10-9-15-22(23)33-5)20(4)29-36(31,32)30-24-17-11-12-18-27-24/h7-19,29H,1H2,2-6H3,(H,27,30)/b14-8-,21-13+,25-20-,28-26?. The maximum absolute atomic E-state index is 12.8. The van der Waals surface area contributed by atoms with Crippen LogP contribution in [0.2, 0.25) is 0 Å². The Morgan fingerprint density at radius 3 is 2.42 bits per heavy atom. The van der Waals surface area contributed by atoms with Gasteiger partial charge in [0, 0.05) is 6.20 Å². The highest BCUT2D eigenvalue weighted by Gasteiger charge is 2.22. The molecule has 0 saturated carbocycles. The molecule has 0 fully saturated rings. The molecule has 1 aromatic carbocycles. The van der Waals surface area contributed by atoms with Crippen molar-refractivity contribution in [3.8, 4) is 11.5 Å². The molecule has 2 N–H and O–H groups in total. The second-order valence-corrected chi connectivity index (χ2v) is 8.76. The Balaban J connectivity index is 2.56. The highest BCUT2D eigenvalue weighted by molar-refractivity contribution is 7.90. The van der Waals surface area contributed by atoms with Gasteiger partial charge in [-0.3, -0.25) is 9.44 Å². The lowest BCUT2D eigenvalue weighted by Gasteiger charge is -2.19. The molecule has 2 aromatic rings. The van der Waals surface area contributed by atoms with Crippen LogP contribution in [-0.4, -0.2) is 39.6 Å². The van der Waals surface area contributed by atoms with Crippen LogP contribution in [0.1, 0.15) is 20.8 Å². The van der Waals surface area contributed by atoms with E-state index in [-0.39, 0.29) is 29.2 Å². The number of rotatable bonds is 12. The second-order valence-electron chi connectivity index (χ2n) is 7.35. The molecule has 0 saturated heterocycles. The molecule has 0 aliphatic carbocycles. The molecular formula is C26H32N4O5S. The van der Waals surface area contributed by atoms with Gasteiger partial charge in [-0.25, -0.2) is 9.98 Å². The first-order valence-corrected chi connectivity index (χ1v) is 12.5. The minimum Gasteiger partial charge on any atom is -0.493 e. The van der Waals surface area contributed by atoms with Gasteiger partial charge < -0.3 is 14.2 Å². The lowest BCUT2D eigenvalue weighted by molar-refractivity contribution is 0.337. The van der Waals surface area contributed by atoms with Crippen LogP contribution >= 0.6 is 0 Å². The SMILES string of the molecule is C=C/C=C(\C=C/C)C(C)N=C(OC)/C(Oc1ccccc1OC)=C(\C)NS(=O)(=O)Nc1ccccn1. The van der Waals surface area contributed by atoms with Crippen molar-refractivity contribution < 1.29 is 22.6 Å². The van der Waals surface area contributed by atoms with Crippen LogP contribution in [0.25, 0.3) is 0 Å². The van der Waals surface area contributed by atoms with E-state index < -0.39 is 10.2 Å². The van der Waals surface area contributed by atoms with E-state index in [1.807, 2.05) is 32.1 Å². The van der Waals surface area contributed by atoms with E-state index in [1.54, 1.807) is 42.5 Å². The minimum absolute atomic E-state index is 0.0543. The van der Waals surface area contributed by atoms with Crippen molar-refractivity contribution in [2.45, 2.75) is 26.8 Å². The summed E-state index contributed by atoms with van der Waals surface area (Å²) in [6.07, 6.45) is 8.77. The van der Waals surface area contributed by atoms with Crippen molar-refractivity contribution in [2.24, 2.45) is 4.99 Å². The number of allylic oxidation sites excluding steroid dienone is 4. The fourth-order valence-corrected chi connectivity index (χ4v) is 3.99. The van der Waals surface area contributed by atoms with Crippen molar-refractivity contribution >= 4 is 21.9 Å². The summed E-state index contributed by atoms with van der Waals surface area (Å²) in [5, 5.41) is 0. The molecule has 0 radical (unpaired) electrons. The van der Waals surface area contributed by atoms with E-state index in [9.17, 15) is 8.42 Å². The van der Waals surface area contributed by atoms with Gasteiger partial charge in [-0.1, -0.05) is 49.1 Å². The first-order valence-electron chi connectivity index (χ1n) is 11.0. The number of aromatic nitrogens is 1. The summed E-state index contributed by atoms with van der Waals surface area (Å²) >= 11 is 0. The van der Waals surface area contributed by atoms with Crippen LogP contribution in [0.15, 0.2) is 102 Å². The Morgan fingerprint density at radius 1 is 1.14 bits per heavy atom. The number of benzene rings is 1. The Morgan fingerprint density at radius 2 is 1.83 bits per heavy atom. The number of ether oxygens (including phenoxy) is 3. The van der Waals surface area contributed by atoms with Crippen molar-refractivity contribution in [1.82, 2.24) is 9.71 Å². The number of pyridine rings is 1. The fraction of sp³-hybridized carbons (Fsp3) is 0.231. The lowest BCUT2D eigenvalue weighted by atomic mass is 10.1. The van der Waals surface area contributed by atoms with E-state index >= 15 is 0 Å². The summed E-state index contributed by atoms with van der Waals surface area (Å²) in [7, 11) is -1.13. The van der Waals surface area contributed by atoms with Gasteiger partial charge in [0.2, 0.25) is 5.76 Å². The second kappa shape index (κ2) is 13.7. The van der Waals surface area contributed by atoms with Crippen molar-refractivity contribution in [2.75, 3.05) is 18.9 Å². The molecule has 0 bridgehead atoms. The molecule has 1 heterocycles. The van der Waals surface area contributed by atoms with Gasteiger partial charge >= 0.3 is 10.2 Å². The van der Waals surface area contributed by atoms with Gasteiger partial charge in [0.1, 0.15) is 5.82 Å². The maximum Gasteiger partial charge on any atom is 0.322 e. The molecule has 2 rings (SSSR count). The highest BCUT2D eigenvalue weighted by Crippen LogP contribution is 2.29. The summed E-state index contributed by atoms with van der Waals surface area (Å²) in [4.78, 5) is 8.64. The van der Waals surface area contributed by atoms with Gasteiger partial charge in [0.15, 0.2) is 11.5 Å². The molecule has 0 amide bonds. The number of nitrogens with zero attached hydrogens (tertiary/aromatic N) is 2. The zero-order chi connectivity index (χ0) is 26.6. The summed E-state index contributed by atoms with van der Waals surface area (Å²) in [6, 6.07) is 11.5. The van der Waals surface area contributed by atoms with Crippen molar-refractivity contribution in [3.63, 3.8) is 0 Å². The monoisotopic (exact) mass is 512 g/mol. The van der Waals surface area contributed by atoms with Gasteiger partial charge in [0.25, 0.3) is 5.90 Å². The number of para-hydroxylation sites is 2. The van der Waals surface area contributed by atoms with Crippen molar-refractivity contribution in [3.05, 3.63) is 96.6 Å². The third-order valence-corrected chi connectivity index (χ3v) is 5.72. The third-order valence-electron chi connectivity index (χ3n) is 4.66. The van der Waals surface area contributed by atoms with E-state index in [0.717, 1.165) is 5.57 Å². The third kappa shape index (κ3) is 8.31. The smallest absolute Gasteiger partial charge is 0.322 e. The Bertz CT molecular complexity index is 1250. The largest absolute Gasteiger partial charge is 0.493 e. The molecule has 1 unspecified atom stereocenters. The number of methoxy groups -OCH3 is 2. The molecule has 0 spiro atoms.